The summed E-state index contributed by atoms with van der Waals surface area (Å²) in [5, 5.41) is 3.08. The molecule has 2 aliphatic rings. The lowest BCUT2D eigenvalue weighted by Crippen LogP contribution is -2.47. The lowest BCUT2D eigenvalue weighted by Gasteiger charge is -2.36. The van der Waals surface area contributed by atoms with Crippen molar-refractivity contribution in [2.75, 3.05) is 26.3 Å². The lowest BCUT2D eigenvalue weighted by atomic mass is 9.76. The Morgan fingerprint density at radius 3 is 2.25 bits per heavy atom. The van der Waals surface area contributed by atoms with Gasteiger partial charge in [0.2, 0.25) is 0 Å². The molecule has 12 heavy (non-hydrogen) atoms. The van der Waals surface area contributed by atoms with Crippen LogP contribution in [0.4, 0.5) is 8.78 Å². The third-order valence-corrected chi connectivity index (χ3v) is 3.00. The zero-order chi connectivity index (χ0) is 8.66. The van der Waals surface area contributed by atoms with Crippen LogP contribution in [0.3, 0.4) is 0 Å². The number of alkyl halides is 2. The number of piperidine rings is 1. The van der Waals surface area contributed by atoms with Gasteiger partial charge in [0.1, 0.15) is 6.61 Å². The number of nitrogens with one attached hydrogen (secondary N) is 1. The highest BCUT2D eigenvalue weighted by Crippen LogP contribution is 2.48. The fraction of sp³-hybridized carbons (Fsp3) is 1.00. The van der Waals surface area contributed by atoms with Gasteiger partial charge in [0, 0.05) is 0 Å². The molecular formula is C8H13F2NO. The van der Waals surface area contributed by atoms with Crippen molar-refractivity contribution >= 4 is 0 Å². The number of hydrogen-bond donors (Lipinski definition) is 1. The Morgan fingerprint density at radius 2 is 1.75 bits per heavy atom. The summed E-state index contributed by atoms with van der Waals surface area (Å²) in [6.07, 6.45) is 1.08. The third-order valence-electron chi connectivity index (χ3n) is 3.00. The second-order valence-corrected chi connectivity index (χ2v) is 3.73. The average Bonchev–Trinajstić information content (AvgIpc) is 2.30. The predicted octanol–water partition coefficient (Wildman–Crippen LogP) is 1.02. The summed E-state index contributed by atoms with van der Waals surface area (Å²) in [6.45, 7) is 1.24. The van der Waals surface area contributed by atoms with Crippen molar-refractivity contribution in [3.05, 3.63) is 0 Å². The van der Waals surface area contributed by atoms with Gasteiger partial charge < -0.3 is 10.1 Å². The Hall–Kier alpha value is -0.220. The zero-order valence-corrected chi connectivity index (χ0v) is 6.91. The van der Waals surface area contributed by atoms with Crippen LogP contribution in [0.2, 0.25) is 0 Å². The second kappa shape index (κ2) is 2.64. The Balaban J connectivity index is 2.17. The molecule has 2 rings (SSSR count). The molecule has 4 heteroatoms. The molecule has 1 spiro atoms. The minimum Gasteiger partial charge on any atom is -0.374 e. The van der Waals surface area contributed by atoms with Gasteiger partial charge in [-0.2, -0.15) is 0 Å². The van der Waals surface area contributed by atoms with E-state index in [1.807, 2.05) is 0 Å². The normalized spacial score (nSPS) is 32.5. The molecule has 0 aromatic carbocycles. The Bertz CT molecular complexity index is 178. The fourth-order valence-electron chi connectivity index (χ4n) is 2.05. The molecule has 2 heterocycles. The van der Waals surface area contributed by atoms with Crippen LogP contribution in [-0.2, 0) is 4.74 Å². The third kappa shape index (κ3) is 1.05. The first kappa shape index (κ1) is 8.38. The minimum absolute atomic E-state index is 0.238. The Morgan fingerprint density at radius 1 is 1.08 bits per heavy atom. The molecule has 0 aromatic rings. The Labute approximate surface area is 70.3 Å². The summed E-state index contributed by atoms with van der Waals surface area (Å²) in [4.78, 5) is 0. The van der Waals surface area contributed by atoms with Crippen LogP contribution < -0.4 is 5.32 Å². The van der Waals surface area contributed by atoms with E-state index in [9.17, 15) is 8.78 Å². The second-order valence-electron chi connectivity index (χ2n) is 3.73. The standard InChI is InChI=1S/C8H13F2NO/c9-8(10)6-12-5-7(8)1-3-11-4-2-7/h11H,1-6H2. The molecule has 0 bridgehead atoms. The molecule has 0 atom stereocenters. The highest BCUT2D eigenvalue weighted by Gasteiger charge is 2.58. The van der Waals surface area contributed by atoms with E-state index in [1.54, 1.807) is 0 Å². The van der Waals surface area contributed by atoms with Crippen LogP contribution in [0.25, 0.3) is 0 Å². The van der Waals surface area contributed by atoms with Crippen molar-refractivity contribution in [2.24, 2.45) is 5.41 Å². The van der Waals surface area contributed by atoms with Crippen LogP contribution >= 0.6 is 0 Å². The van der Waals surface area contributed by atoms with E-state index in [4.69, 9.17) is 4.74 Å². The molecule has 1 N–H and O–H groups in total. The topological polar surface area (TPSA) is 21.3 Å². The van der Waals surface area contributed by atoms with Crippen LogP contribution in [0.5, 0.6) is 0 Å². The van der Waals surface area contributed by atoms with Crippen LogP contribution in [0, 0.1) is 5.41 Å². The highest BCUT2D eigenvalue weighted by atomic mass is 19.3. The summed E-state index contributed by atoms with van der Waals surface area (Å²) in [5.41, 5.74) is -0.849. The monoisotopic (exact) mass is 177 g/mol. The molecule has 2 aliphatic heterocycles. The van der Waals surface area contributed by atoms with E-state index in [0.717, 1.165) is 0 Å². The minimum atomic E-state index is -2.60. The van der Waals surface area contributed by atoms with Gasteiger partial charge in [-0.3, -0.25) is 0 Å². The van der Waals surface area contributed by atoms with E-state index in [0.29, 0.717) is 25.9 Å². The SMILES string of the molecule is FC1(F)COCC12CCNCC2. The van der Waals surface area contributed by atoms with Crippen molar-refractivity contribution in [2.45, 2.75) is 18.8 Å². The maximum Gasteiger partial charge on any atom is 0.278 e. The van der Waals surface area contributed by atoms with E-state index in [-0.39, 0.29) is 13.2 Å². The zero-order valence-electron chi connectivity index (χ0n) is 6.91. The van der Waals surface area contributed by atoms with Gasteiger partial charge in [-0.05, 0) is 25.9 Å². The van der Waals surface area contributed by atoms with Gasteiger partial charge >= 0.3 is 0 Å². The first-order valence-electron chi connectivity index (χ1n) is 4.33. The smallest absolute Gasteiger partial charge is 0.278 e. The average molecular weight is 177 g/mol. The van der Waals surface area contributed by atoms with E-state index >= 15 is 0 Å². The molecule has 0 aromatic heterocycles. The summed E-state index contributed by atoms with van der Waals surface area (Å²) in [7, 11) is 0. The molecule has 0 saturated carbocycles. The maximum absolute atomic E-state index is 13.3. The molecule has 0 aliphatic carbocycles. The van der Waals surface area contributed by atoms with E-state index in [2.05, 4.69) is 5.32 Å². The summed E-state index contributed by atoms with van der Waals surface area (Å²) in [6, 6.07) is 0. The number of rotatable bonds is 0. The van der Waals surface area contributed by atoms with E-state index in [1.165, 1.54) is 0 Å². The van der Waals surface area contributed by atoms with Gasteiger partial charge in [0.05, 0.1) is 12.0 Å². The molecule has 2 saturated heterocycles. The fourth-order valence-corrected chi connectivity index (χ4v) is 2.05. The molecular weight excluding hydrogens is 164 g/mol. The summed E-state index contributed by atoms with van der Waals surface area (Å²) >= 11 is 0. The quantitative estimate of drug-likeness (QED) is 0.596. The molecule has 2 fully saturated rings. The van der Waals surface area contributed by atoms with Crippen molar-refractivity contribution in [3.63, 3.8) is 0 Å². The molecule has 2 nitrogen and oxygen atoms in total. The van der Waals surface area contributed by atoms with Crippen LogP contribution in [0.15, 0.2) is 0 Å². The number of halogens is 2. The van der Waals surface area contributed by atoms with Crippen molar-refractivity contribution in [1.29, 1.82) is 0 Å². The van der Waals surface area contributed by atoms with Gasteiger partial charge in [-0.1, -0.05) is 0 Å². The molecule has 0 radical (unpaired) electrons. The molecule has 0 amide bonds. The highest BCUT2D eigenvalue weighted by molar-refractivity contribution is 4.99. The van der Waals surface area contributed by atoms with Crippen LogP contribution in [0.1, 0.15) is 12.8 Å². The van der Waals surface area contributed by atoms with Crippen molar-refractivity contribution in [3.8, 4) is 0 Å². The number of ether oxygens (including phenoxy) is 1. The number of hydrogen-bond acceptors (Lipinski definition) is 2. The molecule has 70 valence electrons. The van der Waals surface area contributed by atoms with E-state index < -0.39 is 11.3 Å². The lowest BCUT2D eigenvalue weighted by molar-refractivity contribution is -0.0987. The first-order valence-corrected chi connectivity index (χ1v) is 4.33. The largest absolute Gasteiger partial charge is 0.374 e. The van der Waals surface area contributed by atoms with Crippen molar-refractivity contribution in [1.82, 2.24) is 5.32 Å². The van der Waals surface area contributed by atoms with Crippen LogP contribution in [-0.4, -0.2) is 32.2 Å². The van der Waals surface area contributed by atoms with Gasteiger partial charge in [0.15, 0.2) is 0 Å². The first-order chi connectivity index (χ1) is 5.66. The van der Waals surface area contributed by atoms with Crippen molar-refractivity contribution < 1.29 is 13.5 Å². The van der Waals surface area contributed by atoms with Gasteiger partial charge in [-0.25, -0.2) is 8.78 Å². The summed E-state index contributed by atoms with van der Waals surface area (Å²) in [5.74, 6) is -2.60. The maximum atomic E-state index is 13.3. The molecule has 0 unspecified atom stereocenters. The van der Waals surface area contributed by atoms with Gasteiger partial charge in [0.25, 0.3) is 5.92 Å². The Kier molecular flexibility index (Phi) is 1.84. The van der Waals surface area contributed by atoms with Gasteiger partial charge in [-0.15, -0.1) is 0 Å². The summed E-state index contributed by atoms with van der Waals surface area (Å²) < 4.78 is 31.5. The predicted molar refractivity (Wildman–Crippen MR) is 40.3 cm³/mol.